The molecule has 1 unspecified atom stereocenters. The van der Waals surface area contributed by atoms with Gasteiger partial charge in [-0.25, -0.2) is 0 Å². The van der Waals surface area contributed by atoms with Crippen LogP contribution >= 0.6 is 11.6 Å². The molecular formula is C12H17ClO. The van der Waals surface area contributed by atoms with E-state index in [-0.39, 0.29) is 11.3 Å². The zero-order valence-electron chi connectivity index (χ0n) is 8.92. The summed E-state index contributed by atoms with van der Waals surface area (Å²) in [7, 11) is 0. The van der Waals surface area contributed by atoms with Crippen molar-refractivity contribution in [1.29, 1.82) is 0 Å². The normalized spacial score (nSPS) is 14.1. The zero-order chi connectivity index (χ0) is 10.8. The Morgan fingerprint density at radius 2 is 2.00 bits per heavy atom. The third-order valence-electron chi connectivity index (χ3n) is 2.28. The van der Waals surface area contributed by atoms with Crippen LogP contribution < -0.4 is 0 Å². The van der Waals surface area contributed by atoms with Crippen LogP contribution in [0.5, 0.6) is 0 Å². The summed E-state index contributed by atoms with van der Waals surface area (Å²) in [5.74, 6) is 0.244. The van der Waals surface area contributed by atoms with Gasteiger partial charge in [0.05, 0.1) is 12.0 Å². The second kappa shape index (κ2) is 4.33. The predicted octanol–water partition coefficient (Wildman–Crippen LogP) is 3.26. The van der Waals surface area contributed by atoms with Gasteiger partial charge in [0.1, 0.15) is 0 Å². The van der Waals surface area contributed by atoms with E-state index in [1.54, 1.807) is 0 Å². The molecule has 0 heterocycles. The van der Waals surface area contributed by atoms with E-state index in [4.69, 9.17) is 11.6 Å². The van der Waals surface area contributed by atoms with Gasteiger partial charge < -0.3 is 5.11 Å². The fourth-order valence-electron chi connectivity index (χ4n) is 1.30. The second-order valence-electron chi connectivity index (χ2n) is 4.55. The highest BCUT2D eigenvalue weighted by Crippen LogP contribution is 2.25. The number of hydrogen-bond acceptors (Lipinski definition) is 1. The van der Waals surface area contributed by atoms with Crippen molar-refractivity contribution in [3.63, 3.8) is 0 Å². The average molecular weight is 213 g/mol. The van der Waals surface area contributed by atoms with Crippen LogP contribution in [0.15, 0.2) is 24.3 Å². The van der Waals surface area contributed by atoms with Crippen LogP contribution in [0.2, 0.25) is 0 Å². The fraction of sp³-hybridized carbons (Fsp3) is 0.500. The Balaban J connectivity index is 3.01. The first-order valence-corrected chi connectivity index (χ1v) is 5.33. The van der Waals surface area contributed by atoms with Gasteiger partial charge in [-0.05, 0) is 16.5 Å². The molecule has 0 aliphatic heterocycles. The van der Waals surface area contributed by atoms with Crippen molar-refractivity contribution >= 4 is 11.6 Å². The molecule has 0 saturated heterocycles. The molecule has 0 spiro atoms. The minimum atomic E-state index is -0.557. The number of halogens is 1. The molecule has 0 fully saturated rings. The summed E-state index contributed by atoms with van der Waals surface area (Å²) in [6, 6.07) is 7.96. The first kappa shape index (κ1) is 11.5. The van der Waals surface area contributed by atoms with Crippen molar-refractivity contribution in [2.75, 3.05) is 5.88 Å². The number of alkyl halides is 1. The lowest BCUT2D eigenvalue weighted by atomic mass is 9.86. The van der Waals surface area contributed by atoms with E-state index in [0.717, 1.165) is 5.56 Å². The van der Waals surface area contributed by atoms with Gasteiger partial charge in [-0.15, -0.1) is 11.6 Å². The van der Waals surface area contributed by atoms with E-state index < -0.39 is 6.10 Å². The number of aliphatic hydroxyl groups excluding tert-OH is 1. The van der Waals surface area contributed by atoms with E-state index in [1.807, 2.05) is 18.2 Å². The molecule has 0 bridgehead atoms. The molecule has 1 atom stereocenters. The van der Waals surface area contributed by atoms with E-state index in [9.17, 15) is 5.11 Å². The topological polar surface area (TPSA) is 20.2 Å². The van der Waals surface area contributed by atoms with E-state index in [1.165, 1.54) is 5.56 Å². The third-order valence-corrected chi connectivity index (χ3v) is 2.58. The van der Waals surface area contributed by atoms with Crippen LogP contribution in [0.3, 0.4) is 0 Å². The van der Waals surface area contributed by atoms with Crippen molar-refractivity contribution < 1.29 is 5.11 Å². The third kappa shape index (κ3) is 2.73. The largest absolute Gasteiger partial charge is 0.387 e. The molecule has 0 aliphatic rings. The molecule has 2 heteroatoms. The van der Waals surface area contributed by atoms with Crippen molar-refractivity contribution in [2.24, 2.45) is 0 Å². The predicted molar refractivity (Wildman–Crippen MR) is 60.8 cm³/mol. The van der Waals surface area contributed by atoms with Crippen LogP contribution in [0.4, 0.5) is 0 Å². The highest BCUT2D eigenvalue weighted by molar-refractivity contribution is 6.18. The molecule has 1 aromatic rings. The molecule has 0 saturated carbocycles. The first-order chi connectivity index (χ1) is 6.45. The minimum absolute atomic E-state index is 0.113. The van der Waals surface area contributed by atoms with Crippen molar-refractivity contribution in [3.05, 3.63) is 35.4 Å². The molecule has 0 aromatic heterocycles. The summed E-state index contributed by atoms with van der Waals surface area (Å²) in [6.07, 6.45) is -0.557. The Morgan fingerprint density at radius 1 is 1.36 bits per heavy atom. The maximum absolute atomic E-state index is 9.59. The Hall–Kier alpha value is -0.530. The maximum Gasteiger partial charge on any atom is 0.0925 e. The van der Waals surface area contributed by atoms with Crippen LogP contribution in [-0.4, -0.2) is 11.0 Å². The van der Waals surface area contributed by atoms with E-state index >= 15 is 0 Å². The first-order valence-electron chi connectivity index (χ1n) is 4.79. The number of aliphatic hydroxyl groups is 1. The molecule has 1 aromatic carbocycles. The highest BCUT2D eigenvalue weighted by atomic mass is 35.5. The summed E-state index contributed by atoms with van der Waals surface area (Å²) in [5, 5.41) is 9.59. The molecule has 1 nitrogen and oxygen atoms in total. The smallest absolute Gasteiger partial charge is 0.0925 e. The van der Waals surface area contributed by atoms with Crippen LogP contribution in [0, 0.1) is 0 Å². The van der Waals surface area contributed by atoms with Gasteiger partial charge >= 0.3 is 0 Å². The van der Waals surface area contributed by atoms with Crippen LogP contribution in [0.1, 0.15) is 38.0 Å². The Labute approximate surface area is 90.7 Å². The average Bonchev–Trinajstić information content (AvgIpc) is 2.15. The summed E-state index contributed by atoms with van der Waals surface area (Å²) in [5.41, 5.74) is 2.23. The van der Waals surface area contributed by atoms with Crippen molar-refractivity contribution in [3.8, 4) is 0 Å². The van der Waals surface area contributed by atoms with Crippen LogP contribution in [-0.2, 0) is 5.41 Å². The molecule has 1 N–H and O–H groups in total. The van der Waals surface area contributed by atoms with Gasteiger partial charge in [0.2, 0.25) is 0 Å². The Kier molecular flexibility index (Phi) is 3.57. The molecule has 0 radical (unpaired) electrons. The van der Waals surface area contributed by atoms with Gasteiger partial charge in [0.15, 0.2) is 0 Å². The minimum Gasteiger partial charge on any atom is -0.387 e. The standard InChI is InChI=1S/C12H17ClO/c1-12(2,3)10-6-4-5-9(7-10)11(14)8-13/h4-7,11,14H,8H2,1-3H3. The molecule has 14 heavy (non-hydrogen) atoms. The maximum atomic E-state index is 9.59. The van der Waals surface area contributed by atoms with Crippen molar-refractivity contribution in [2.45, 2.75) is 32.3 Å². The van der Waals surface area contributed by atoms with Gasteiger partial charge in [0, 0.05) is 0 Å². The lowest BCUT2D eigenvalue weighted by Crippen LogP contribution is -2.12. The second-order valence-corrected chi connectivity index (χ2v) is 4.85. The fourth-order valence-corrected chi connectivity index (χ4v) is 1.48. The van der Waals surface area contributed by atoms with Gasteiger partial charge in [-0.1, -0.05) is 45.0 Å². The summed E-state index contributed by atoms with van der Waals surface area (Å²) >= 11 is 5.60. The van der Waals surface area contributed by atoms with Crippen molar-refractivity contribution in [1.82, 2.24) is 0 Å². The quantitative estimate of drug-likeness (QED) is 0.747. The van der Waals surface area contributed by atoms with Crippen LogP contribution in [0.25, 0.3) is 0 Å². The molecule has 1 rings (SSSR count). The van der Waals surface area contributed by atoms with E-state index in [2.05, 4.69) is 26.8 Å². The lowest BCUT2D eigenvalue weighted by molar-refractivity contribution is 0.202. The molecule has 0 aliphatic carbocycles. The lowest BCUT2D eigenvalue weighted by Gasteiger charge is -2.20. The number of benzene rings is 1. The Morgan fingerprint density at radius 3 is 2.50 bits per heavy atom. The van der Waals surface area contributed by atoms with Gasteiger partial charge in [-0.2, -0.15) is 0 Å². The zero-order valence-corrected chi connectivity index (χ0v) is 9.67. The summed E-state index contributed by atoms with van der Waals surface area (Å²) < 4.78 is 0. The van der Waals surface area contributed by atoms with E-state index in [0.29, 0.717) is 0 Å². The van der Waals surface area contributed by atoms with Gasteiger partial charge in [0.25, 0.3) is 0 Å². The Bertz CT molecular complexity index is 301. The SMILES string of the molecule is CC(C)(C)c1cccc(C(O)CCl)c1. The highest BCUT2D eigenvalue weighted by Gasteiger charge is 2.15. The van der Waals surface area contributed by atoms with Gasteiger partial charge in [-0.3, -0.25) is 0 Å². The molecular weight excluding hydrogens is 196 g/mol. The molecule has 0 amide bonds. The number of rotatable bonds is 2. The monoisotopic (exact) mass is 212 g/mol. The summed E-state index contributed by atoms with van der Waals surface area (Å²) in [6.45, 7) is 6.46. The summed E-state index contributed by atoms with van der Waals surface area (Å²) in [4.78, 5) is 0. The number of hydrogen-bond donors (Lipinski definition) is 1. The molecule has 78 valence electrons.